The highest BCUT2D eigenvalue weighted by Crippen LogP contribution is 2.34. The van der Waals surface area contributed by atoms with Gasteiger partial charge in [0.2, 0.25) is 5.91 Å². The maximum absolute atomic E-state index is 12.8. The molecule has 0 radical (unpaired) electrons. The third kappa shape index (κ3) is 3.48. The van der Waals surface area contributed by atoms with Crippen LogP contribution in [0.3, 0.4) is 0 Å². The zero-order valence-corrected chi connectivity index (χ0v) is 15.4. The molecule has 0 saturated heterocycles. The first-order valence-corrected chi connectivity index (χ1v) is 8.53. The number of hydrogen-bond acceptors (Lipinski definition) is 4. The summed E-state index contributed by atoms with van der Waals surface area (Å²) >= 11 is 0. The van der Waals surface area contributed by atoms with Gasteiger partial charge in [-0.05, 0) is 58.4 Å². The van der Waals surface area contributed by atoms with Crippen LogP contribution in [-0.4, -0.2) is 28.9 Å². The molecule has 0 fully saturated rings. The minimum Gasteiger partial charge on any atom is -0.486 e. The first-order valence-electron chi connectivity index (χ1n) is 8.53. The van der Waals surface area contributed by atoms with E-state index < -0.39 is 5.54 Å². The van der Waals surface area contributed by atoms with E-state index >= 15 is 0 Å². The number of nitrogens with one attached hydrogen (secondary N) is 1. The highest BCUT2D eigenvalue weighted by atomic mass is 16.6. The van der Waals surface area contributed by atoms with Crippen LogP contribution < -0.4 is 14.8 Å². The first kappa shape index (κ1) is 17.3. The Kier molecular flexibility index (Phi) is 4.45. The van der Waals surface area contributed by atoms with Crippen LogP contribution in [-0.2, 0) is 10.3 Å². The average molecular weight is 343 g/mol. The van der Waals surface area contributed by atoms with Crippen LogP contribution in [0, 0.1) is 13.8 Å². The normalized spacial score (nSPS) is 14.9. The second-order valence-corrected chi connectivity index (χ2v) is 7.02. The molecule has 1 atom stereocenters. The molecule has 2 heterocycles. The zero-order chi connectivity index (χ0) is 18.2. The Balaban J connectivity index is 1.78. The molecule has 1 aliphatic rings. The molecule has 0 saturated carbocycles. The molecule has 25 heavy (non-hydrogen) atoms. The van der Waals surface area contributed by atoms with Crippen molar-refractivity contribution in [1.82, 2.24) is 15.1 Å². The lowest BCUT2D eigenvalue weighted by Crippen LogP contribution is -2.44. The minimum absolute atomic E-state index is 0.0777. The second kappa shape index (κ2) is 6.43. The van der Waals surface area contributed by atoms with Crippen LogP contribution in [0.25, 0.3) is 0 Å². The molecule has 6 heteroatoms. The SMILES string of the molecule is Cc1cc(C)n(C(C)C(=O)NC(C)(C)c2ccc3c(c2)OCCO3)n1. The zero-order valence-electron chi connectivity index (χ0n) is 15.4. The summed E-state index contributed by atoms with van der Waals surface area (Å²) in [6.45, 7) is 10.8. The number of hydrogen-bond donors (Lipinski definition) is 1. The van der Waals surface area contributed by atoms with Gasteiger partial charge >= 0.3 is 0 Å². The van der Waals surface area contributed by atoms with E-state index in [1.165, 1.54) is 0 Å². The highest BCUT2D eigenvalue weighted by molar-refractivity contribution is 5.80. The summed E-state index contributed by atoms with van der Waals surface area (Å²) in [6.07, 6.45) is 0. The van der Waals surface area contributed by atoms with Crippen molar-refractivity contribution in [3.63, 3.8) is 0 Å². The van der Waals surface area contributed by atoms with E-state index in [-0.39, 0.29) is 11.9 Å². The van der Waals surface area contributed by atoms with Crippen LogP contribution in [0.4, 0.5) is 0 Å². The Morgan fingerprint density at radius 2 is 1.88 bits per heavy atom. The fourth-order valence-corrected chi connectivity index (χ4v) is 3.07. The Morgan fingerprint density at radius 3 is 2.52 bits per heavy atom. The van der Waals surface area contributed by atoms with Crippen LogP contribution in [0.5, 0.6) is 11.5 Å². The van der Waals surface area contributed by atoms with Crippen molar-refractivity contribution >= 4 is 5.91 Å². The summed E-state index contributed by atoms with van der Waals surface area (Å²) in [5.74, 6) is 1.39. The van der Waals surface area contributed by atoms with Crippen molar-refractivity contribution < 1.29 is 14.3 Å². The molecule has 0 bridgehead atoms. The number of nitrogens with zero attached hydrogens (tertiary/aromatic N) is 2. The summed E-state index contributed by atoms with van der Waals surface area (Å²) in [4.78, 5) is 12.8. The Bertz CT molecular complexity index is 795. The van der Waals surface area contributed by atoms with Gasteiger partial charge in [-0.3, -0.25) is 9.48 Å². The molecule has 1 aromatic carbocycles. The van der Waals surface area contributed by atoms with Crippen molar-refractivity contribution in [2.45, 2.75) is 46.2 Å². The second-order valence-electron chi connectivity index (χ2n) is 7.02. The highest BCUT2D eigenvalue weighted by Gasteiger charge is 2.28. The number of carbonyl (C=O) groups excluding carboxylic acids is 1. The quantitative estimate of drug-likeness (QED) is 0.927. The third-order valence-corrected chi connectivity index (χ3v) is 4.49. The minimum atomic E-state index is -0.544. The number of aryl methyl sites for hydroxylation is 2. The molecule has 1 N–H and O–H groups in total. The topological polar surface area (TPSA) is 65.4 Å². The molecule has 3 rings (SSSR count). The molecule has 0 spiro atoms. The van der Waals surface area contributed by atoms with E-state index in [2.05, 4.69) is 10.4 Å². The van der Waals surface area contributed by atoms with Crippen LogP contribution >= 0.6 is 0 Å². The van der Waals surface area contributed by atoms with Gasteiger partial charge in [-0.25, -0.2) is 0 Å². The van der Waals surface area contributed by atoms with Crippen molar-refractivity contribution in [2.75, 3.05) is 13.2 Å². The van der Waals surface area contributed by atoms with Gasteiger partial charge in [0.1, 0.15) is 19.3 Å². The van der Waals surface area contributed by atoms with Crippen LogP contribution in [0.2, 0.25) is 0 Å². The molecular formula is C19H25N3O3. The van der Waals surface area contributed by atoms with E-state index in [4.69, 9.17) is 9.47 Å². The van der Waals surface area contributed by atoms with Gasteiger partial charge in [-0.1, -0.05) is 6.07 Å². The number of ether oxygens (including phenoxy) is 2. The number of amides is 1. The van der Waals surface area contributed by atoms with Crippen LogP contribution in [0.15, 0.2) is 24.3 Å². The van der Waals surface area contributed by atoms with Gasteiger partial charge in [-0.15, -0.1) is 0 Å². The lowest BCUT2D eigenvalue weighted by Gasteiger charge is -2.30. The molecule has 6 nitrogen and oxygen atoms in total. The van der Waals surface area contributed by atoms with Gasteiger partial charge in [0.05, 0.1) is 11.2 Å². The maximum Gasteiger partial charge on any atom is 0.245 e. The molecule has 2 aromatic rings. The smallest absolute Gasteiger partial charge is 0.245 e. The summed E-state index contributed by atoms with van der Waals surface area (Å²) in [5.41, 5.74) is 2.29. The monoisotopic (exact) mass is 343 g/mol. The lowest BCUT2D eigenvalue weighted by molar-refractivity contribution is -0.125. The average Bonchev–Trinajstić information content (AvgIpc) is 2.91. The molecule has 1 unspecified atom stereocenters. The molecule has 134 valence electrons. The number of carbonyl (C=O) groups is 1. The van der Waals surface area contributed by atoms with Crippen molar-refractivity contribution in [3.05, 3.63) is 41.2 Å². The largest absolute Gasteiger partial charge is 0.486 e. The predicted molar refractivity (Wildman–Crippen MR) is 95.0 cm³/mol. The molecule has 1 aliphatic heterocycles. The van der Waals surface area contributed by atoms with E-state index in [0.29, 0.717) is 13.2 Å². The van der Waals surface area contributed by atoms with Gasteiger partial charge < -0.3 is 14.8 Å². The number of benzene rings is 1. The molecular weight excluding hydrogens is 318 g/mol. The predicted octanol–water partition coefficient (Wildman–Crippen LogP) is 2.88. The summed E-state index contributed by atoms with van der Waals surface area (Å²) < 4.78 is 13.0. The van der Waals surface area contributed by atoms with Gasteiger partial charge in [0, 0.05) is 5.69 Å². The van der Waals surface area contributed by atoms with Crippen molar-refractivity contribution in [1.29, 1.82) is 0 Å². The maximum atomic E-state index is 12.8. The lowest BCUT2D eigenvalue weighted by atomic mass is 9.93. The van der Waals surface area contributed by atoms with E-state index in [1.54, 1.807) is 4.68 Å². The van der Waals surface area contributed by atoms with Crippen LogP contribution in [0.1, 0.15) is 43.8 Å². The molecule has 1 aromatic heterocycles. The van der Waals surface area contributed by atoms with E-state index in [0.717, 1.165) is 28.5 Å². The third-order valence-electron chi connectivity index (χ3n) is 4.49. The number of rotatable bonds is 4. The van der Waals surface area contributed by atoms with E-state index in [9.17, 15) is 4.79 Å². The summed E-state index contributed by atoms with van der Waals surface area (Å²) in [7, 11) is 0. The van der Waals surface area contributed by atoms with Gasteiger partial charge in [0.15, 0.2) is 11.5 Å². The first-order chi connectivity index (χ1) is 11.8. The Hall–Kier alpha value is -2.50. The Labute approximate surface area is 148 Å². The number of aromatic nitrogens is 2. The molecule has 1 amide bonds. The summed E-state index contributed by atoms with van der Waals surface area (Å²) in [6, 6.07) is 7.37. The standard InChI is InChI=1S/C19H25N3O3/c1-12-10-13(2)22(21-12)14(3)18(23)20-19(4,5)15-6-7-16-17(11-15)25-9-8-24-16/h6-7,10-11,14H,8-9H2,1-5H3,(H,20,23). The Morgan fingerprint density at radius 1 is 1.20 bits per heavy atom. The number of fused-ring (bicyclic) bond motifs is 1. The van der Waals surface area contributed by atoms with E-state index in [1.807, 2.05) is 58.9 Å². The fourth-order valence-electron chi connectivity index (χ4n) is 3.07. The molecule has 0 aliphatic carbocycles. The van der Waals surface area contributed by atoms with Gasteiger partial charge in [0.25, 0.3) is 0 Å². The van der Waals surface area contributed by atoms with Gasteiger partial charge in [-0.2, -0.15) is 5.10 Å². The fraction of sp³-hybridized carbons (Fsp3) is 0.474. The van der Waals surface area contributed by atoms with Crippen molar-refractivity contribution in [2.24, 2.45) is 0 Å². The van der Waals surface area contributed by atoms with Crippen molar-refractivity contribution in [3.8, 4) is 11.5 Å². The summed E-state index contributed by atoms with van der Waals surface area (Å²) in [5, 5.41) is 7.53.